The van der Waals surface area contributed by atoms with E-state index in [-0.39, 0.29) is 13.0 Å². The molecule has 1 unspecified atom stereocenters. The first-order chi connectivity index (χ1) is 10.6. The van der Waals surface area contributed by atoms with Crippen molar-refractivity contribution in [3.8, 4) is 0 Å². The molecule has 1 aromatic carbocycles. The number of hydrogen-bond donors (Lipinski definition) is 2. The fourth-order valence-corrected chi connectivity index (χ4v) is 2.31. The molecule has 3 atom stereocenters. The zero-order valence-corrected chi connectivity index (χ0v) is 12.3. The van der Waals surface area contributed by atoms with Crippen LogP contribution in [-0.4, -0.2) is 36.4 Å². The quantitative estimate of drug-likeness (QED) is 0.648. The van der Waals surface area contributed by atoms with Gasteiger partial charge in [0.1, 0.15) is 6.61 Å². The van der Waals surface area contributed by atoms with Crippen molar-refractivity contribution in [3.05, 3.63) is 48.0 Å². The summed E-state index contributed by atoms with van der Waals surface area (Å²) in [7, 11) is 1.28. The molecule has 0 saturated carbocycles. The second-order valence-corrected chi connectivity index (χ2v) is 5.05. The second kappa shape index (κ2) is 7.61. The number of aliphatic hydroxyl groups is 1. The monoisotopic (exact) mass is 305 g/mol. The maximum absolute atomic E-state index is 11.8. The Labute approximate surface area is 128 Å². The number of rotatable bonds is 4. The summed E-state index contributed by atoms with van der Waals surface area (Å²) in [5, 5.41) is 12.2. The Bertz CT molecular complexity index is 543. The van der Waals surface area contributed by atoms with Gasteiger partial charge in [-0.05, 0) is 12.0 Å². The van der Waals surface area contributed by atoms with E-state index in [2.05, 4.69) is 5.32 Å². The number of nitrogens with one attached hydrogen (secondary N) is 1. The van der Waals surface area contributed by atoms with Crippen LogP contribution in [0.4, 0.5) is 4.79 Å². The molecule has 0 spiro atoms. The van der Waals surface area contributed by atoms with Crippen LogP contribution < -0.4 is 5.32 Å². The van der Waals surface area contributed by atoms with Crippen LogP contribution in [0.3, 0.4) is 0 Å². The highest BCUT2D eigenvalue weighted by Crippen LogP contribution is 2.21. The van der Waals surface area contributed by atoms with Gasteiger partial charge in [0.05, 0.1) is 25.2 Å². The van der Waals surface area contributed by atoms with Gasteiger partial charge in [-0.2, -0.15) is 0 Å². The van der Waals surface area contributed by atoms with Crippen LogP contribution in [0.25, 0.3) is 0 Å². The number of methoxy groups -OCH3 is 1. The van der Waals surface area contributed by atoms with Crippen molar-refractivity contribution in [3.63, 3.8) is 0 Å². The summed E-state index contributed by atoms with van der Waals surface area (Å²) < 4.78 is 9.82. The summed E-state index contributed by atoms with van der Waals surface area (Å²) in [5.41, 5.74) is 0.872. The molecule has 2 N–H and O–H groups in total. The fraction of sp³-hybridized carbons (Fsp3) is 0.375. The van der Waals surface area contributed by atoms with Gasteiger partial charge in [-0.15, -0.1) is 0 Å². The number of alkyl carbamates (subject to hydrolysis) is 1. The van der Waals surface area contributed by atoms with Crippen molar-refractivity contribution >= 4 is 12.1 Å². The molecular weight excluding hydrogens is 286 g/mol. The molecule has 0 radical (unpaired) electrons. The largest absolute Gasteiger partial charge is 0.469 e. The van der Waals surface area contributed by atoms with E-state index in [1.54, 1.807) is 12.2 Å². The van der Waals surface area contributed by atoms with Crippen molar-refractivity contribution in [1.82, 2.24) is 5.32 Å². The molecule has 22 heavy (non-hydrogen) atoms. The van der Waals surface area contributed by atoms with Crippen LogP contribution in [0.5, 0.6) is 0 Å². The molecular formula is C16H19NO5. The standard InChI is InChI=1S/C16H19NO5/c1-21-15(19)13-9-12(18)7-8-14(13)17-16(20)22-10-11-5-3-2-4-6-11/h2-8,12-14,18H,9-10H2,1H3,(H,17,20)/t12?,13-,14+/m0/s1. The number of ether oxygens (including phenoxy) is 2. The lowest BCUT2D eigenvalue weighted by Gasteiger charge is -2.28. The van der Waals surface area contributed by atoms with E-state index in [0.717, 1.165) is 5.56 Å². The van der Waals surface area contributed by atoms with E-state index in [1.165, 1.54) is 7.11 Å². The first kappa shape index (κ1) is 16.0. The normalized spacial score (nSPS) is 23.6. The van der Waals surface area contributed by atoms with Gasteiger partial charge < -0.3 is 19.9 Å². The van der Waals surface area contributed by atoms with E-state index in [9.17, 15) is 14.7 Å². The molecule has 2 rings (SSSR count). The van der Waals surface area contributed by atoms with E-state index in [1.807, 2.05) is 30.3 Å². The van der Waals surface area contributed by atoms with Gasteiger partial charge >= 0.3 is 12.1 Å². The Kier molecular flexibility index (Phi) is 5.55. The van der Waals surface area contributed by atoms with E-state index in [4.69, 9.17) is 9.47 Å². The zero-order chi connectivity index (χ0) is 15.9. The molecule has 0 heterocycles. The number of carbonyl (C=O) groups excluding carboxylic acids is 2. The minimum Gasteiger partial charge on any atom is -0.469 e. The Balaban J connectivity index is 1.91. The summed E-state index contributed by atoms with van der Waals surface area (Å²) in [6.45, 7) is 0.147. The number of aliphatic hydroxyl groups excluding tert-OH is 1. The predicted octanol–water partition coefficient (Wildman–Crippen LogP) is 1.39. The highest BCUT2D eigenvalue weighted by Gasteiger charge is 2.33. The van der Waals surface area contributed by atoms with Crippen LogP contribution in [0.15, 0.2) is 42.5 Å². The van der Waals surface area contributed by atoms with Gasteiger partial charge in [0.2, 0.25) is 0 Å². The lowest BCUT2D eigenvalue weighted by atomic mass is 9.88. The van der Waals surface area contributed by atoms with Gasteiger partial charge in [0, 0.05) is 0 Å². The SMILES string of the molecule is COC(=O)[C@H]1CC(O)C=C[C@H]1NC(=O)OCc1ccccc1. The van der Waals surface area contributed by atoms with Gasteiger partial charge in [-0.25, -0.2) is 4.79 Å². The summed E-state index contributed by atoms with van der Waals surface area (Å²) >= 11 is 0. The number of esters is 1. The number of amides is 1. The Morgan fingerprint density at radius 1 is 1.27 bits per heavy atom. The van der Waals surface area contributed by atoms with Crippen LogP contribution in [0.1, 0.15) is 12.0 Å². The topological polar surface area (TPSA) is 84.9 Å². The van der Waals surface area contributed by atoms with Crippen molar-refractivity contribution in [2.24, 2.45) is 5.92 Å². The molecule has 1 aliphatic rings. The summed E-state index contributed by atoms with van der Waals surface area (Å²) in [5.74, 6) is -1.11. The highest BCUT2D eigenvalue weighted by molar-refractivity contribution is 5.76. The Hall–Kier alpha value is -2.34. The fourth-order valence-electron chi connectivity index (χ4n) is 2.31. The molecule has 6 nitrogen and oxygen atoms in total. The smallest absolute Gasteiger partial charge is 0.407 e. The lowest BCUT2D eigenvalue weighted by molar-refractivity contribution is -0.147. The third-order valence-corrected chi connectivity index (χ3v) is 3.47. The summed E-state index contributed by atoms with van der Waals surface area (Å²) in [4.78, 5) is 23.6. The maximum Gasteiger partial charge on any atom is 0.407 e. The first-order valence-corrected chi connectivity index (χ1v) is 7.01. The maximum atomic E-state index is 11.8. The van der Waals surface area contributed by atoms with Crippen molar-refractivity contribution in [1.29, 1.82) is 0 Å². The van der Waals surface area contributed by atoms with Crippen LogP contribution in [-0.2, 0) is 20.9 Å². The number of benzene rings is 1. The van der Waals surface area contributed by atoms with Gasteiger partial charge in [0.25, 0.3) is 0 Å². The van der Waals surface area contributed by atoms with E-state index >= 15 is 0 Å². The van der Waals surface area contributed by atoms with E-state index in [0.29, 0.717) is 0 Å². The summed E-state index contributed by atoms with van der Waals surface area (Å²) in [6, 6.07) is 8.73. The third-order valence-electron chi connectivity index (χ3n) is 3.47. The molecule has 0 saturated heterocycles. The molecule has 118 valence electrons. The van der Waals surface area contributed by atoms with Gasteiger partial charge in [-0.1, -0.05) is 42.5 Å². The van der Waals surface area contributed by atoms with Crippen molar-refractivity contribution in [2.45, 2.75) is 25.2 Å². The third kappa shape index (κ3) is 4.33. The average Bonchev–Trinajstić information content (AvgIpc) is 2.55. The Morgan fingerprint density at radius 3 is 2.68 bits per heavy atom. The minimum absolute atomic E-state index is 0.147. The molecule has 0 aliphatic heterocycles. The number of carbonyl (C=O) groups is 2. The first-order valence-electron chi connectivity index (χ1n) is 7.01. The molecule has 1 aromatic rings. The average molecular weight is 305 g/mol. The number of hydrogen-bond acceptors (Lipinski definition) is 5. The van der Waals surface area contributed by atoms with Crippen LogP contribution in [0.2, 0.25) is 0 Å². The minimum atomic E-state index is -0.720. The molecule has 6 heteroatoms. The predicted molar refractivity (Wildman–Crippen MR) is 78.8 cm³/mol. The summed E-state index contributed by atoms with van der Waals surface area (Å²) in [6.07, 6.45) is 1.99. The molecule has 1 amide bonds. The lowest BCUT2D eigenvalue weighted by Crippen LogP contribution is -2.45. The highest BCUT2D eigenvalue weighted by atomic mass is 16.5. The van der Waals surface area contributed by atoms with Crippen molar-refractivity contribution < 1.29 is 24.2 Å². The van der Waals surface area contributed by atoms with E-state index < -0.39 is 30.1 Å². The molecule has 0 bridgehead atoms. The second-order valence-electron chi connectivity index (χ2n) is 5.05. The van der Waals surface area contributed by atoms with Crippen LogP contribution >= 0.6 is 0 Å². The molecule has 0 aromatic heterocycles. The van der Waals surface area contributed by atoms with Crippen molar-refractivity contribution in [2.75, 3.05) is 7.11 Å². The zero-order valence-electron chi connectivity index (χ0n) is 12.3. The molecule has 0 fully saturated rings. The Morgan fingerprint density at radius 2 is 2.00 bits per heavy atom. The molecule has 1 aliphatic carbocycles. The van der Waals surface area contributed by atoms with Crippen LogP contribution in [0, 0.1) is 5.92 Å². The van der Waals surface area contributed by atoms with Gasteiger partial charge in [0.15, 0.2) is 0 Å². The van der Waals surface area contributed by atoms with Gasteiger partial charge in [-0.3, -0.25) is 4.79 Å².